The van der Waals surface area contributed by atoms with E-state index in [4.69, 9.17) is 11.6 Å². The fourth-order valence-corrected chi connectivity index (χ4v) is 4.28. The molecule has 4 nitrogen and oxygen atoms in total. The van der Waals surface area contributed by atoms with Crippen LogP contribution in [0.4, 0.5) is 0 Å². The number of halogens is 1. The molecule has 0 radical (unpaired) electrons. The number of Topliss-reactive ketones (excluding diaryl/α,β-unsaturated/α-hetero) is 1. The largest absolute Gasteiger partial charge is 0.293 e. The Hall–Kier alpha value is -2.89. The molecular weight excluding hydrogens is 414 g/mol. The molecule has 1 heterocycles. The van der Waals surface area contributed by atoms with Gasteiger partial charge in [-0.1, -0.05) is 71.9 Å². The van der Waals surface area contributed by atoms with E-state index in [9.17, 15) is 4.79 Å². The summed E-state index contributed by atoms with van der Waals surface area (Å²) in [5.74, 6) is 0.774. The van der Waals surface area contributed by atoms with Crippen LogP contribution in [0.15, 0.2) is 84.0 Å². The van der Waals surface area contributed by atoms with E-state index in [1.807, 2.05) is 97.3 Å². The van der Waals surface area contributed by atoms with E-state index >= 15 is 0 Å². The van der Waals surface area contributed by atoms with E-state index in [-0.39, 0.29) is 11.0 Å². The highest BCUT2D eigenvalue weighted by molar-refractivity contribution is 8.00. The zero-order valence-corrected chi connectivity index (χ0v) is 18.2. The van der Waals surface area contributed by atoms with E-state index in [1.54, 1.807) is 0 Å². The Labute approximate surface area is 184 Å². The molecule has 150 valence electrons. The number of carbonyl (C=O) groups excluding carboxylic acids is 1. The van der Waals surface area contributed by atoms with Crippen molar-refractivity contribution in [3.63, 3.8) is 0 Å². The highest BCUT2D eigenvalue weighted by Crippen LogP contribution is 2.32. The topological polar surface area (TPSA) is 47.8 Å². The Balaban J connectivity index is 1.76. The molecule has 0 bridgehead atoms. The first-order chi connectivity index (χ1) is 14.5. The third-order valence-electron chi connectivity index (χ3n) is 4.80. The molecule has 0 aliphatic rings. The van der Waals surface area contributed by atoms with Gasteiger partial charge in [-0.05, 0) is 49.7 Å². The molecule has 0 spiro atoms. The van der Waals surface area contributed by atoms with E-state index in [0.717, 1.165) is 16.8 Å². The van der Waals surface area contributed by atoms with Gasteiger partial charge in [0.15, 0.2) is 16.8 Å². The molecule has 1 unspecified atom stereocenters. The number of aromatic nitrogens is 3. The van der Waals surface area contributed by atoms with Crippen molar-refractivity contribution in [1.29, 1.82) is 0 Å². The standard InChI is InChI=1S/C24H20ClN3OS/c1-16-8-6-7-11-21(16)28-23(19-12-14-20(25)15-13-19)26-27-24(28)30-17(2)22(29)18-9-4-3-5-10-18/h3-15,17H,1-2H3. The number of carbonyl (C=O) groups is 1. The summed E-state index contributed by atoms with van der Waals surface area (Å²) in [6.45, 7) is 3.95. The SMILES string of the molecule is Cc1ccccc1-n1c(SC(C)C(=O)c2ccccc2)nnc1-c1ccc(Cl)cc1. The number of nitrogens with zero attached hydrogens (tertiary/aromatic N) is 3. The van der Waals surface area contributed by atoms with Gasteiger partial charge in [-0.15, -0.1) is 10.2 Å². The van der Waals surface area contributed by atoms with Gasteiger partial charge in [-0.3, -0.25) is 9.36 Å². The van der Waals surface area contributed by atoms with Crippen molar-refractivity contribution >= 4 is 29.1 Å². The molecule has 1 aromatic heterocycles. The lowest BCUT2D eigenvalue weighted by atomic mass is 10.1. The molecule has 6 heteroatoms. The summed E-state index contributed by atoms with van der Waals surface area (Å²) in [7, 11) is 0. The van der Waals surface area contributed by atoms with Gasteiger partial charge >= 0.3 is 0 Å². The van der Waals surface area contributed by atoms with Crippen molar-refractivity contribution in [3.8, 4) is 17.1 Å². The molecule has 4 rings (SSSR count). The van der Waals surface area contributed by atoms with Crippen molar-refractivity contribution in [3.05, 3.63) is 95.0 Å². The Kier molecular flexibility index (Phi) is 6.02. The minimum Gasteiger partial charge on any atom is -0.293 e. The number of ketones is 1. The lowest BCUT2D eigenvalue weighted by Gasteiger charge is -2.15. The van der Waals surface area contributed by atoms with Crippen LogP contribution in [0.1, 0.15) is 22.8 Å². The van der Waals surface area contributed by atoms with E-state index in [2.05, 4.69) is 10.2 Å². The Morgan fingerprint density at radius 1 is 0.933 bits per heavy atom. The van der Waals surface area contributed by atoms with Crippen molar-refractivity contribution in [2.45, 2.75) is 24.3 Å². The first kappa shape index (κ1) is 20.4. The molecule has 0 fully saturated rings. The Bertz CT molecular complexity index is 1170. The second-order valence-electron chi connectivity index (χ2n) is 6.93. The maximum absolute atomic E-state index is 12.9. The van der Waals surface area contributed by atoms with Gasteiger partial charge in [-0.25, -0.2) is 0 Å². The van der Waals surface area contributed by atoms with Crippen LogP contribution in [-0.4, -0.2) is 25.8 Å². The number of benzene rings is 3. The van der Waals surface area contributed by atoms with Crippen LogP contribution in [0, 0.1) is 6.92 Å². The van der Waals surface area contributed by atoms with Crippen LogP contribution >= 0.6 is 23.4 Å². The minimum atomic E-state index is -0.308. The number of hydrogen-bond acceptors (Lipinski definition) is 4. The third-order valence-corrected chi connectivity index (χ3v) is 6.10. The number of para-hydroxylation sites is 1. The number of thioether (sulfide) groups is 1. The minimum absolute atomic E-state index is 0.0629. The summed E-state index contributed by atoms with van der Waals surface area (Å²) >= 11 is 7.47. The summed E-state index contributed by atoms with van der Waals surface area (Å²) in [5.41, 5.74) is 3.67. The number of aryl methyl sites for hydroxylation is 1. The van der Waals surface area contributed by atoms with Crippen LogP contribution < -0.4 is 0 Å². The zero-order chi connectivity index (χ0) is 21.1. The normalized spacial score (nSPS) is 12.0. The average Bonchev–Trinajstić information content (AvgIpc) is 3.18. The molecule has 0 saturated heterocycles. The molecule has 0 saturated carbocycles. The average molecular weight is 434 g/mol. The van der Waals surface area contributed by atoms with Gasteiger partial charge in [0.25, 0.3) is 0 Å². The maximum Gasteiger partial charge on any atom is 0.196 e. The quantitative estimate of drug-likeness (QED) is 0.266. The lowest BCUT2D eigenvalue weighted by Crippen LogP contribution is -2.14. The number of rotatable bonds is 6. The number of hydrogen-bond donors (Lipinski definition) is 0. The van der Waals surface area contributed by atoms with Crippen LogP contribution in [0.5, 0.6) is 0 Å². The Morgan fingerprint density at radius 2 is 1.60 bits per heavy atom. The molecule has 0 aliphatic carbocycles. The van der Waals surface area contributed by atoms with Gasteiger partial charge in [0, 0.05) is 16.1 Å². The molecule has 3 aromatic carbocycles. The van der Waals surface area contributed by atoms with Gasteiger partial charge in [0.05, 0.1) is 10.9 Å². The molecule has 4 aromatic rings. The summed E-state index contributed by atoms with van der Waals surface area (Å²) in [6, 6.07) is 24.9. The van der Waals surface area contributed by atoms with Crippen molar-refractivity contribution < 1.29 is 4.79 Å². The summed E-state index contributed by atoms with van der Waals surface area (Å²) in [4.78, 5) is 12.9. The molecule has 1 atom stereocenters. The maximum atomic E-state index is 12.9. The second kappa shape index (κ2) is 8.86. The zero-order valence-electron chi connectivity index (χ0n) is 16.6. The molecule has 0 amide bonds. The van der Waals surface area contributed by atoms with Gasteiger partial charge < -0.3 is 0 Å². The summed E-state index contributed by atoms with van der Waals surface area (Å²) in [6.07, 6.45) is 0. The fraction of sp³-hybridized carbons (Fsp3) is 0.125. The lowest BCUT2D eigenvalue weighted by molar-refractivity contribution is 0.0994. The smallest absolute Gasteiger partial charge is 0.196 e. The van der Waals surface area contributed by atoms with E-state index in [1.165, 1.54) is 11.8 Å². The van der Waals surface area contributed by atoms with Crippen molar-refractivity contribution in [1.82, 2.24) is 14.8 Å². The molecule has 0 N–H and O–H groups in total. The van der Waals surface area contributed by atoms with E-state index in [0.29, 0.717) is 21.6 Å². The van der Waals surface area contributed by atoms with Gasteiger partial charge in [0.1, 0.15) is 0 Å². The van der Waals surface area contributed by atoms with Crippen molar-refractivity contribution in [2.24, 2.45) is 0 Å². The summed E-state index contributed by atoms with van der Waals surface area (Å²) < 4.78 is 2.01. The first-order valence-electron chi connectivity index (χ1n) is 9.58. The predicted octanol–water partition coefficient (Wildman–Crippen LogP) is 6.26. The third kappa shape index (κ3) is 4.18. The molecular formula is C24H20ClN3OS. The highest BCUT2D eigenvalue weighted by Gasteiger charge is 2.23. The van der Waals surface area contributed by atoms with Crippen LogP contribution in [-0.2, 0) is 0 Å². The van der Waals surface area contributed by atoms with E-state index < -0.39 is 0 Å². The fourth-order valence-electron chi connectivity index (χ4n) is 3.21. The van der Waals surface area contributed by atoms with Gasteiger partial charge in [-0.2, -0.15) is 0 Å². The van der Waals surface area contributed by atoms with Crippen LogP contribution in [0.2, 0.25) is 5.02 Å². The Morgan fingerprint density at radius 3 is 2.30 bits per heavy atom. The second-order valence-corrected chi connectivity index (χ2v) is 8.67. The first-order valence-corrected chi connectivity index (χ1v) is 10.8. The molecule has 0 aliphatic heterocycles. The van der Waals surface area contributed by atoms with Crippen molar-refractivity contribution in [2.75, 3.05) is 0 Å². The molecule has 30 heavy (non-hydrogen) atoms. The van der Waals surface area contributed by atoms with Gasteiger partial charge in [0.2, 0.25) is 0 Å². The monoisotopic (exact) mass is 433 g/mol. The van der Waals surface area contributed by atoms with Crippen LogP contribution in [0.3, 0.4) is 0 Å². The summed E-state index contributed by atoms with van der Waals surface area (Å²) in [5, 5.41) is 9.92. The van der Waals surface area contributed by atoms with Crippen LogP contribution in [0.25, 0.3) is 17.1 Å². The highest BCUT2D eigenvalue weighted by atomic mass is 35.5. The predicted molar refractivity (Wildman–Crippen MR) is 123 cm³/mol.